The second-order valence-electron chi connectivity index (χ2n) is 3.88. The molecule has 1 aromatic carbocycles. The Morgan fingerprint density at radius 3 is 2.42 bits per heavy atom. The number of hydrogen-bond donors (Lipinski definition) is 3. The molecule has 0 bridgehead atoms. The van der Waals surface area contributed by atoms with E-state index in [1.54, 1.807) is 12.1 Å². The Balaban J connectivity index is 0.00000324. The highest BCUT2D eigenvalue weighted by atomic mass is 35.5. The van der Waals surface area contributed by atoms with Gasteiger partial charge in [-0.25, -0.2) is 9.59 Å². The molecule has 0 heterocycles. The lowest BCUT2D eigenvalue weighted by molar-refractivity contribution is -0.139. The van der Waals surface area contributed by atoms with Gasteiger partial charge in [0.2, 0.25) is 0 Å². The largest absolute Gasteiger partial charge is 0.480 e. The molecule has 2 atom stereocenters. The van der Waals surface area contributed by atoms with Gasteiger partial charge in [-0.1, -0.05) is 30.3 Å². The summed E-state index contributed by atoms with van der Waals surface area (Å²) < 4.78 is 4.89. The minimum atomic E-state index is -1.19. The van der Waals surface area contributed by atoms with Crippen LogP contribution in [0.25, 0.3) is 0 Å². The minimum absolute atomic E-state index is 0. The van der Waals surface area contributed by atoms with E-state index in [1.807, 2.05) is 18.2 Å². The summed E-state index contributed by atoms with van der Waals surface area (Å²) in [6.07, 6.45) is -0.802. The van der Waals surface area contributed by atoms with Gasteiger partial charge in [0.25, 0.3) is 0 Å². The molecular formula is C12H17ClN2O4. The summed E-state index contributed by atoms with van der Waals surface area (Å²) in [5.41, 5.74) is 6.26. The van der Waals surface area contributed by atoms with Crippen LogP contribution in [0, 0.1) is 0 Å². The summed E-state index contributed by atoms with van der Waals surface area (Å²) in [5.74, 6) is -1.19. The fourth-order valence-electron chi connectivity index (χ4n) is 1.31. The van der Waals surface area contributed by atoms with Crippen molar-refractivity contribution in [1.29, 1.82) is 0 Å². The lowest BCUT2D eigenvalue weighted by Crippen LogP contribution is -2.51. The van der Waals surface area contributed by atoms with Gasteiger partial charge in [0.15, 0.2) is 0 Å². The van der Waals surface area contributed by atoms with Crippen LogP contribution < -0.4 is 11.1 Å². The van der Waals surface area contributed by atoms with Gasteiger partial charge in [0, 0.05) is 6.04 Å². The maximum Gasteiger partial charge on any atom is 0.408 e. The van der Waals surface area contributed by atoms with Crippen LogP contribution in [0.2, 0.25) is 0 Å². The Morgan fingerprint density at radius 2 is 1.95 bits per heavy atom. The minimum Gasteiger partial charge on any atom is -0.480 e. The van der Waals surface area contributed by atoms with E-state index in [9.17, 15) is 9.59 Å². The molecule has 0 spiro atoms. The number of aliphatic carboxylic acids is 1. The average molecular weight is 289 g/mol. The maximum atomic E-state index is 11.4. The van der Waals surface area contributed by atoms with E-state index in [-0.39, 0.29) is 19.0 Å². The van der Waals surface area contributed by atoms with Crippen molar-refractivity contribution in [3.8, 4) is 0 Å². The number of amides is 1. The predicted molar refractivity (Wildman–Crippen MR) is 72.1 cm³/mol. The molecule has 4 N–H and O–H groups in total. The molecule has 19 heavy (non-hydrogen) atoms. The molecule has 0 fully saturated rings. The standard InChI is InChI=1S/C12H16N2O4.ClH/c1-8(13)10(11(15)16)14-12(17)18-7-9-5-3-2-4-6-9;/h2-6,8,10H,7,13H2,1H3,(H,14,17)(H,15,16);1H/t8-,10+;/m1./s1. The summed E-state index contributed by atoms with van der Waals surface area (Å²) in [6, 6.07) is 7.22. The molecule has 7 heteroatoms. The van der Waals surface area contributed by atoms with Gasteiger partial charge in [-0.15, -0.1) is 12.4 Å². The van der Waals surface area contributed by atoms with Gasteiger partial charge in [-0.2, -0.15) is 0 Å². The van der Waals surface area contributed by atoms with Crippen LogP contribution in [0.1, 0.15) is 12.5 Å². The van der Waals surface area contributed by atoms with Gasteiger partial charge in [-0.05, 0) is 12.5 Å². The van der Waals surface area contributed by atoms with E-state index in [0.717, 1.165) is 5.56 Å². The molecule has 0 saturated heterocycles. The molecule has 6 nitrogen and oxygen atoms in total. The number of benzene rings is 1. The van der Waals surface area contributed by atoms with Crippen molar-refractivity contribution >= 4 is 24.5 Å². The first kappa shape index (κ1) is 17.2. The van der Waals surface area contributed by atoms with Crippen molar-refractivity contribution in [2.75, 3.05) is 0 Å². The lowest BCUT2D eigenvalue weighted by Gasteiger charge is -2.17. The van der Waals surface area contributed by atoms with Crippen molar-refractivity contribution in [2.45, 2.75) is 25.6 Å². The van der Waals surface area contributed by atoms with E-state index in [4.69, 9.17) is 15.6 Å². The summed E-state index contributed by atoms with van der Waals surface area (Å²) in [5, 5.41) is 11.0. The van der Waals surface area contributed by atoms with Crippen molar-refractivity contribution in [2.24, 2.45) is 5.73 Å². The van der Waals surface area contributed by atoms with Crippen LogP contribution in [0.15, 0.2) is 30.3 Å². The van der Waals surface area contributed by atoms with Gasteiger partial charge < -0.3 is 20.9 Å². The van der Waals surface area contributed by atoms with Crippen molar-refractivity contribution < 1.29 is 19.4 Å². The molecule has 1 amide bonds. The highest BCUT2D eigenvalue weighted by Gasteiger charge is 2.24. The first-order chi connectivity index (χ1) is 8.50. The van der Waals surface area contributed by atoms with Crippen LogP contribution in [0.3, 0.4) is 0 Å². The van der Waals surface area contributed by atoms with Crippen molar-refractivity contribution in [3.63, 3.8) is 0 Å². The molecule has 1 rings (SSSR count). The number of hydrogen-bond acceptors (Lipinski definition) is 4. The van der Waals surface area contributed by atoms with E-state index >= 15 is 0 Å². The Morgan fingerprint density at radius 1 is 1.37 bits per heavy atom. The first-order valence-corrected chi connectivity index (χ1v) is 5.46. The monoisotopic (exact) mass is 288 g/mol. The summed E-state index contributed by atoms with van der Waals surface area (Å²) >= 11 is 0. The fourth-order valence-corrected chi connectivity index (χ4v) is 1.31. The quantitative estimate of drug-likeness (QED) is 0.754. The highest BCUT2D eigenvalue weighted by Crippen LogP contribution is 2.01. The molecule has 0 aliphatic rings. The third kappa shape index (κ3) is 6.08. The van der Waals surface area contributed by atoms with Gasteiger partial charge in [-0.3, -0.25) is 0 Å². The average Bonchev–Trinajstić information content (AvgIpc) is 2.34. The second-order valence-corrected chi connectivity index (χ2v) is 3.88. The number of nitrogens with two attached hydrogens (primary N) is 1. The molecule has 0 aromatic heterocycles. The zero-order valence-electron chi connectivity index (χ0n) is 10.4. The molecular weight excluding hydrogens is 272 g/mol. The van der Waals surface area contributed by atoms with Crippen LogP contribution >= 0.6 is 12.4 Å². The van der Waals surface area contributed by atoms with E-state index in [0.29, 0.717) is 0 Å². The topological polar surface area (TPSA) is 102 Å². The van der Waals surface area contributed by atoms with Gasteiger partial charge in [0.1, 0.15) is 12.6 Å². The number of carboxylic acid groups (broad SMARTS) is 1. The number of carbonyl (C=O) groups is 2. The van der Waals surface area contributed by atoms with Crippen LogP contribution in [0.4, 0.5) is 4.79 Å². The smallest absolute Gasteiger partial charge is 0.408 e. The number of ether oxygens (including phenoxy) is 1. The summed E-state index contributed by atoms with van der Waals surface area (Å²) in [6.45, 7) is 1.58. The lowest BCUT2D eigenvalue weighted by atomic mass is 10.1. The van der Waals surface area contributed by atoms with Crippen molar-refractivity contribution in [1.82, 2.24) is 5.32 Å². The fraction of sp³-hybridized carbons (Fsp3) is 0.333. The molecule has 0 radical (unpaired) electrons. The molecule has 0 saturated carbocycles. The van der Waals surface area contributed by atoms with Crippen LogP contribution in [-0.2, 0) is 16.1 Å². The normalized spacial score (nSPS) is 12.7. The van der Waals surface area contributed by atoms with Crippen molar-refractivity contribution in [3.05, 3.63) is 35.9 Å². The van der Waals surface area contributed by atoms with E-state index in [1.165, 1.54) is 6.92 Å². The molecule has 0 unspecified atom stereocenters. The molecule has 0 aliphatic carbocycles. The molecule has 1 aromatic rings. The Hall–Kier alpha value is -1.79. The Kier molecular flexibility index (Phi) is 7.55. The Bertz CT molecular complexity index is 411. The number of carbonyl (C=O) groups excluding carboxylic acids is 1. The highest BCUT2D eigenvalue weighted by molar-refractivity contribution is 5.85. The zero-order chi connectivity index (χ0) is 13.5. The van der Waals surface area contributed by atoms with Gasteiger partial charge >= 0.3 is 12.1 Å². The zero-order valence-corrected chi connectivity index (χ0v) is 11.2. The van der Waals surface area contributed by atoms with Gasteiger partial charge in [0.05, 0.1) is 0 Å². The third-order valence-corrected chi connectivity index (χ3v) is 2.28. The van der Waals surface area contributed by atoms with E-state index in [2.05, 4.69) is 5.32 Å². The van der Waals surface area contributed by atoms with E-state index < -0.39 is 24.1 Å². The number of halogens is 1. The molecule has 0 aliphatic heterocycles. The number of rotatable bonds is 5. The SMILES string of the molecule is C[C@@H](N)[C@H](NC(=O)OCc1ccccc1)C(=O)O.Cl. The van der Waals surface area contributed by atoms with Crippen LogP contribution in [0.5, 0.6) is 0 Å². The molecule has 106 valence electrons. The second kappa shape index (κ2) is 8.34. The first-order valence-electron chi connectivity index (χ1n) is 5.46. The van der Waals surface area contributed by atoms with Crippen LogP contribution in [-0.4, -0.2) is 29.3 Å². The number of nitrogens with one attached hydrogen (secondary N) is 1. The predicted octanol–water partition coefficient (Wildman–Crippen LogP) is 1.13. The maximum absolute atomic E-state index is 11.4. The third-order valence-electron chi connectivity index (χ3n) is 2.28. The number of alkyl carbamates (subject to hydrolysis) is 1. The Labute approximate surface area is 117 Å². The summed E-state index contributed by atoms with van der Waals surface area (Å²) in [7, 11) is 0. The summed E-state index contributed by atoms with van der Waals surface area (Å²) in [4.78, 5) is 22.2. The number of carboxylic acids is 1.